The van der Waals surface area contributed by atoms with Gasteiger partial charge < -0.3 is 19.3 Å². The van der Waals surface area contributed by atoms with Crippen LogP contribution in [0, 0.1) is 34.5 Å². The predicted octanol–water partition coefficient (Wildman–Crippen LogP) is 2.80. The molecule has 0 spiro atoms. The number of Topliss-reactive ketones (excluding diaryl/α,β-unsaturated/α-hetero) is 1. The minimum atomic E-state index is -1.50. The molecule has 0 saturated heterocycles. The molecule has 4 rings (SSSR count). The maximum Gasteiger partial charge on any atom is 0.333 e. The molecule has 4 aliphatic rings. The van der Waals surface area contributed by atoms with Gasteiger partial charge in [0.2, 0.25) is 5.78 Å². The van der Waals surface area contributed by atoms with Crippen molar-refractivity contribution in [2.45, 2.75) is 77.9 Å². The minimum Gasteiger partial charge on any atom is -0.458 e. The van der Waals surface area contributed by atoms with Crippen LogP contribution in [0.3, 0.4) is 0 Å². The Kier molecular flexibility index (Phi) is 6.77. The maximum absolute atomic E-state index is 13.6. The third kappa shape index (κ3) is 3.97. The number of carbonyl (C=O) groups excluding carboxylic acids is 4. The summed E-state index contributed by atoms with van der Waals surface area (Å²) in [6.45, 7) is 6.72. The Labute approximate surface area is 206 Å². The largest absolute Gasteiger partial charge is 0.458 e. The first-order chi connectivity index (χ1) is 16.4. The normalized spacial score (nSPS) is 42.3. The van der Waals surface area contributed by atoms with Crippen LogP contribution in [-0.4, -0.2) is 60.6 Å². The second-order valence-corrected chi connectivity index (χ2v) is 11.6. The number of carbonyl (C=O) groups is 4. The Balaban J connectivity index is 1.74. The molecule has 35 heavy (non-hydrogen) atoms. The van der Waals surface area contributed by atoms with Crippen molar-refractivity contribution in [1.29, 1.82) is 0 Å². The molecule has 3 fully saturated rings. The van der Waals surface area contributed by atoms with Crippen LogP contribution in [0.15, 0.2) is 11.6 Å². The van der Waals surface area contributed by atoms with E-state index in [0.717, 1.165) is 12.0 Å². The van der Waals surface area contributed by atoms with E-state index in [1.54, 1.807) is 6.08 Å². The molecule has 0 amide bonds. The fraction of sp³-hybridized carbons (Fsp3) is 0.778. The number of esters is 2. The first-order valence-corrected chi connectivity index (χ1v) is 12.7. The highest BCUT2D eigenvalue weighted by atomic mass is 16.6. The molecule has 8 nitrogen and oxygen atoms in total. The molecule has 8 atom stereocenters. The SMILES string of the molecule is COCC(=O)O[C@]1(C(=O)COC(C)=O)CC[C@H]2[C@@H]3CC(C)C4=CC(=O)CC[C@]4(C)[C@H]3C(O)C[C@@]21C. The molecular weight excluding hydrogens is 452 g/mol. The molecule has 0 aromatic carbocycles. The summed E-state index contributed by atoms with van der Waals surface area (Å²) in [5, 5.41) is 11.7. The van der Waals surface area contributed by atoms with Crippen LogP contribution in [0.1, 0.15) is 66.2 Å². The van der Waals surface area contributed by atoms with E-state index in [1.807, 2.05) is 6.92 Å². The number of aliphatic hydroxyl groups excluding tert-OH is 1. The number of hydrogen-bond acceptors (Lipinski definition) is 8. The summed E-state index contributed by atoms with van der Waals surface area (Å²) >= 11 is 0. The highest BCUT2D eigenvalue weighted by Gasteiger charge is 2.71. The van der Waals surface area contributed by atoms with E-state index < -0.39 is 41.4 Å². The van der Waals surface area contributed by atoms with Crippen LogP contribution in [-0.2, 0) is 33.4 Å². The summed E-state index contributed by atoms with van der Waals surface area (Å²) in [5.41, 5.74) is -1.47. The average Bonchev–Trinajstić information content (AvgIpc) is 3.05. The van der Waals surface area contributed by atoms with Gasteiger partial charge in [0.1, 0.15) is 6.61 Å². The number of methoxy groups -OCH3 is 1. The Bertz CT molecular complexity index is 955. The maximum atomic E-state index is 13.6. The third-order valence-electron chi connectivity index (χ3n) is 9.74. The van der Waals surface area contributed by atoms with Crippen molar-refractivity contribution in [3.63, 3.8) is 0 Å². The second kappa shape index (κ2) is 9.11. The van der Waals surface area contributed by atoms with Gasteiger partial charge >= 0.3 is 11.9 Å². The van der Waals surface area contributed by atoms with E-state index in [2.05, 4.69) is 13.8 Å². The molecule has 0 aromatic heterocycles. The van der Waals surface area contributed by atoms with Crippen molar-refractivity contribution < 1.29 is 38.5 Å². The molecule has 3 saturated carbocycles. The summed E-state index contributed by atoms with van der Waals surface area (Å²) in [5.74, 6) is -1.24. The smallest absolute Gasteiger partial charge is 0.333 e. The number of aliphatic hydroxyl groups is 1. The number of allylic oxidation sites excluding steroid dienone is 1. The lowest BCUT2D eigenvalue weighted by Gasteiger charge is -2.62. The molecule has 2 unspecified atom stereocenters. The molecule has 8 heteroatoms. The molecule has 0 radical (unpaired) electrons. The van der Waals surface area contributed by atoms with Crippen molar-refractivity contribution in [3.05, 3.63) is 11.6 Å². The summed E-state index contributed by atoms with van der Waals surface area (Å²) < 4.78 is 15.9. The lowest BCUT2D eigenvalue weighted by atomic mass is 9.44. The van der Waals surface area contributed by atoms with Gasteiger partial charge in [-0.2, -0.15) is 0 Å². The second-order valence-electron chi connectivity index (χ2n) is 11.6. The number of hydrogen-bond donors (Lipinski definition) is 1. The molecule has 4 aliphatic carbocycles. The lowest BCUT2D eigenvalue weighted by molar-refractivity contribution is -0.206. The van der Waals surface area contributed by atoms with Gasteiger partial charge in [-0.15, -0.1) is 0 Å². The number of fused-ring (bicyclic) bond motifs is 5. The lowest BCUT2D eigenvalue weighted by Crippen LogP contribution is -2.64. The number of ether oxygens (including phenoxy) is 3. The molecule has 0 bridgehead atoms. The van der Waals surface area contributed by atoms with E-state index in [9.17, 15) is 24.3 Å². The van der Waals surface area contributed by atoms with Gasteiger partial charge in [-0.3, -0.25) is 14.4 Å². The molecule has 1 N–H and O–H groups in total. The first-order valence-electron chi connectivity index (χ1n) is 12.7. The van der Waals surface area contributed by atoms with Crippen molar-refractivity contribution >= 4 is 23.5 Å². The molecule has 0 heterocycles. The van der Waals surface area contributed by atoms with E-state index in [4.69, 9.17) is 14.2 Å². The molecule has 194 valence electrons. The van der Waals surface area contributed by atoms with Gasteiger partial charge in [-0.1, -0.05) is 26.3 Å². The van der Waals surface area contributed by atoms with E-state index in [1.165, 1.54) is 14.0 Å². The summed E-state index contributed by atoms with van der Waals surface area (Å²) in [6.07, 6.45) is 4.33. The van der Waals surface area contributed by atoms with Crippen LogP contribution in [0.25, 0.3) is 0 Å². The van der Waals surface area contributed by atoms with Crippen molar-refractivity contribution in [1.82, 2.24) is 0 Å². The van der Waals surface area contributed by atoms with E-state index in [0.29, 0.717) is 25.7 Å². The predicted molar refractivity (Wildman–Crippen MR) is 125 cm³/mol. The average molecular weight is 491 g/mol. The van der Waals surface area contributed by atoms with Crippen molar-refractivity contribution in [3.8, 4) is 0 Å². The van der Waals surface area contributed by atoms with Gasteiger partial charge in [-0.05, 0) is 67.3 Å². The van der Waals surface area contributed by atoms with Gasteiger partial charge in [0.25, 0.3) is 0 Å². The summed E-state index contributed by atoms with van der Waals surface area (Å²) in [7, 11) is 1.38. The van der Waals surface area contributed by atoms with E-state index in [-0.39, 0.29) is 47.9 Å². The number of rotatable bonds is 6. The van der Waals surface area contributed by atoms with Gasteiger partial charge in [-0.25, -0.2) is 4.79 Å². The van der Waals surface area contributed by atoms with Gasteiger partial charge in [0.05, 0.1) is 6.10 Å². The Morgan fingerprint density at radius 3 is 2.54 bits per heavy atom. The third-order valence-corrected chi connectivity index (χ3v) is 9.74. The molecular formula is C27H38O8. The Morgan fingerprint density at radius 2 is 1.89 bits per heavy atom. The van der Waals surface area contributed by atoms with Crippen molar-refractivity contribution in [2.24, 2.45) is 34.5 Å². The standard InChI is InChI=1S/C27H38O8/c1-15-10-18-19-7-9-27(35-23(32)14-33-5,22(31)13-34-16(2)28)26(19,4)12-21(30)24(18)25(3)8-6-17(29)11-20(15)25/h11,15,18-19,21,24,30H,6-10,12-14H2,1-5H3/t15?,18-,19-,21?,24+,25-,26-,27-/m0/s1. The molecule has 0 aromatic rings. The van der Waals surface area contributed by atoms with E-state index >= 15 is 0 Å². The van der Waals surface area contributed by atoms with Crippen LogP contribution in [0.5, 0.6) is 0 Å². The fourth-order valence-corrected chi connectivity index (χ4v) is 8.42. The quantitative estimate of drug-likeness (QED) is 0.565. The van der Waals surface area contributed by atoms with Gasteiger partial charge in [0, 0.05) is 25.9 Å². The van der Waals surface area contributed by atoms with Gasteiger partial charge in [0.15, 0.2) is 18.0 Å². The highest BCUT2D eigenvalue weighted by Crippen LogP contribution is 2.69. The Morgan fingerprint density at radius 1 is 1.17 bits per heavy atom. The minimum absolute atomic E-state index is 0.0333. The van der Waals surface area contributed by atoms with Crippen LogP contribution in [0.4, 0.5) is 0 Å². The topological polar surface area (TPSA) is 116 Å². The van der Waals surface area contributed by atoms with Crippen LogP contribution in [0.2, 0.25) is 0 Å². The monoisotopic (exact) mass is 490 g/mol. The fourth-order valence-electron chi connectivity index (χ4n) is 8.42. The molecule has 0 aliphatic heterocycles. The first kappa shape index (κ1) is 26.0. The van der Waals surface area contributed by atoms with Crippen LogP contribution < -0.4 is 0 Å². The number of ketones is 2. The van der Waals surface area contributed by atoms with Crippen molar-refractivity contribution in [2.75, 3.05) is 20.3 Å². The zero-order valence-electron chi connectivity index (χ0n) is 21.4. The highest BCUT2D eigenvalue weighted by molar-refractivity contribution is 5.93. The Hall–Kier alpha value is -2.06. The summed E-state index contributed by atoms with van der Waals surface area (Å²) in [4.78, 5) is 49.9. The van der Waals surface area contributed by atoms with Crippen LogP contribution >= 0.6 is 0 Å². The summed E-state index contributed by atoms with van der Waals surface area (Å²) in [6, 6.07) is 0. The zero-order valence-corrected chi connectivity index (χ0v) is 21.4. The zero-order chi connectivity index (χ0) is 25.8.